The maximum Gasteiger partial charge on any atom is 0.175 e. The number of rotatable bonds is 5. The molecule has 4 heteroatoms. The fourth-order valence-electron chi connectivity index (χ4n) is 1.27. The van der Waals surface area contributed by atoms with Crippen LogP contribution in [0.4, 0.5) is 0 Å². The van der Waals surface area contributed by atoms with Crippen LogP contribution in [0.25, 0.3) is 0 Å². The number of hydrogen-bond donors (Lipinski definition) is 0. The lowest BCUT2D eigenvalue weighted by molar-refractivity contribution is 0.102. The summed E-state index contributed by atoms with van der Waals surface area (Å²) in [6.07, 6.45) is 0.799. The summed E-state index contributed by atoms with van der Waals surface area (Å²) in [6, 6.07) is 8.39. The minimum Gasteiger partial charge on any atom is -0.293 e. The molecule has 17 heavy (non-hydrogen) atoms. The highest BCUT2D eigenvalue weighted by Gasteiger charge is 2.14. The monoisotopic (exact) mass is 249 g/mol. The topological polar surface area (TPSA) is 57.9 Å². The number of nitriles is 1. The Labute approximate surface area is 104 Å². The summed E-state index contributed by atoms with van der Waals surface area (Å²) in [5.74, 6) is -0.0749. The van der Waals surface area contributed by atoms with Crippen molar-refractivity contribution in [2.24, 2.45) is 0 Å². The van der Waals surface area contributed by atoms with E-state index >= 15 is 0 Å². The van der Waals surface area contributed by atoms with Gasteiger partial charge in [0.15, 0.2) is 5.78 Å². The molecule has 0 aliphatic carbocycles. The fourth-order valence-corrected chi connectivity index (χ4v) is 2.35. The van der Waals surface area contributed by atoms with Gasteiger partial charge in [-0.1, -0.05) is 26.0 Å². The highest BCUT2D eigenvalue weighted by atomic mass is 32.2. The first-order valence-corrected chi connectivity index (χ1v) is 6.87. The van der Waals surface area contributed by atoms with Gasteiger partial charge < -0.3 is 0 Å². The van der Waals surface area contributed by atoms with Crippen molar-refractivity contribution < 1.29 is 9.00 Å². The average molecular weight is 249 g/mol. The van der Waals surface area contributed by atoms with E-state index in [0.29, 0.717) is 11.1 Å². The Hall–Kier alpha value is -1.47. The zero-order chi connectivity index (χ0) is 12.8. The van der Waals surface area contributed by atoms with E-state index < -0.39 is 10.8 Å². The molecule has 0 aliphatic heterocycles. The van der Waals surface area contributed by atoms with Gasteiger partial charge in [-0.2, -0.15) is 5.26 Å². The van der Waals surface area contributed by atoms with Gasteiger partial charge in [-0.25, -0.2) is 0 Å². The minimum absolute atomic E-state index is 0.0392. The second-order valence-electron chi connectivity index (χ2n) is 3.86. The van der Waals surface area contributed by atoms with E-state index in [4.69, 9.17) is 5.26 Å². The molecule has 2 atom stereocenters. The molecule has 90 valence electrons. The van der Waals surface area contributed by atoms with Crippen molar-refractivity contribution in [2.75, 3.05) is 5.75 Å². The molecule has 0 N–H and O–H groups in total. The van der Waals surface area contributed by atoms with E-state index in [1.807, 2.05) is 19.9 Å². The van der Waals surface area contributed by atoms with Crippen molar-refractivity contribution in [3.63, 3.8) is 0 Å². The van der Waals surface area contributed by atoms with Crippen LogP contribution in [-0.4, -0.2) is 21.0 Å². The van der Waals surface area contributed by atoms with Crippen LogP contribution in [0.1, 0.15) is 36.2 Å². The predicted molar refractivity (Wildman–Crippen MR) is 68.2 cm³/mol. The molecule has 0 spiro atoms. The maximum atomic E-state index is 11.8. The number of hydrogen-bond acceptors (Lipinski definition) is 3. The molecule has 0 aliphatic rings. The summed E-state index contributed by atoms with van der Waals surface area (Å²) in [5.41, 5.74) is 1.03. The highest BCUT2D eigenvalue weighted by Crippen LogP contribution is 2.08. The molecule has 0 saturated heterocycles. The van der Waals surface area contributed by atoms with Crippen LogP contribution in [0.2, 0.25) is 0 Å². The van der Waals surface area contributed by atoms with Crippen molar-refractivity contribution in [1.82, 2.24) is 0 Å². The molecule has 1 aromatic carbocycles. The van der Waals surface area contributed by atoms with Gasteiger partial charge in [-0.3, -0.25) is 9.00 Å². The van der Waals surface area contributed by atoms with E-state index in [9.17, 15) is 9.00 Å². The Kier molecular flexibility index (Phi) is 5.05. The lowest BCUT2D eigenvalue weighted by atomic mass is 10.1. The number of Topliss-reactive ketones (excluding diaryl/α,β-unsaturated/α-hetero) is 1. The number of nitrogens with zero attached hydrogens (tertiary/aromatic N) is 1. The van der Waals surface area contributed by atoms with Gasteiger partial charge in [0, 0.05) is 21.6 Å². The van der Waals surface area contributed by atoms with Gasteiger partial charge in [0.2, 0.25) is 0 Å². The summed E-state index contributed by atoms with van der Waals surface area (Å²) >= 11 is 0. The van der Waals surface area contributed by atoms with E-state index in [1.54, 1.807) is 24.3 Å². The summed E-state index contributed by atoms with van der Waals surface area (Å²) < 4.78 is 11.7. The number of carbonyl (C=O) groups excluding carboxylic acids is 1. The Morgan fingerprint density at radius 3 is 2.47 bits per heavy atom. The second kappa shape index (κ2) is 6.31. The molecule has 0 bridgehead atoms. The second-order valence-corrected chi connectivity index (χ2v) is 5.71. The molecule has 0 radical (unpaired) electrons. The minimum atomic E-state index is -1.12. The normalized spacial score (nSPS) is 13.7. The lowest BCUT2D eigenvalue weighted by Gasteiger charge is -2.07. The summed E-state index contributed by atoms with van der Waals surface area (Å²) in [4.78, 5) is 11.8. The van der Waals surface area contributed by atoms with Crippen LogP contribution in [0.5, 0.6) is 0 Å². The van der Waals surface area contributed by atoms with Gasteiger partial charge in [-0.05, 0) is 18.6 Å². The highest BCUT2D eigenvalue weighted by molar-refractivity contribution is 7.86. The quantitative estimate of drug-likeness (QED) is 0.752. The molecule has 0 amide bonds. The number of benzene rings is 1. The molecule has 2 unspecified atom stereocenters. The first-order chi connectivity index (χ1) is 8.08. The van der Waals surface area contributed by atoms with Gasteiger partial charge in [0.05, 0.1) is 17.4 Å². The van der Waals surface area contributed by atoms with Gasteiger partial charge in [0.25, 0.3) is 0 Å². The van der Waals surface area contributed by atoms with E-state index in [2.05, 4.69) is 0 Å². The summed E-state index contributed by atoms with van der Waals surface area (Å²) in [7, 11) is -1.12. The third kappa shape index (κ3) is 3.79. The van der Waals surface area contributed by atoms with Crippen LogP contribution in [0, 0.1) is 11.3 Å². The van der Waals surface area contributed by atoms with Crippen LogP contribution in [-0.2, 0) is 10.8 Å². The van der Waals surface area contributed by atoms with Crippen molar-refractivity contribution in [3.05, 3.63) is 35.4 Å². The lowest BCUT2D eigenvalue weighted by Crippen LogP contribution is -2.19. The molecule has 0 fully saturated rings. The average Bonchev–Trinajstić information content (AvgIpc) is 2.37. The first kappa shape index (κ1) is 13.6. The summed E-state index contributed by atoms with van der Waals surface area (Å²) in [5, 5.41) is 8.67. The molecule has 0 aromatic heterocycles. The van der Waals surface area contributed by atoms with Gasteiger partial charge in [-0.15, -0.1) is 0 Å². The SMILES string of the molecule is CCC(C)S(=O)CC(=O)c1ccc(C#N)cc1. The van der Waals surface area contributed by atoms with E-state index in [1.165, 1.54) is 0 Å². The molecule has 3 nitrogen and oxygen atoms in total. The fraction of sp³-hybridized carbons (Fsp3) is 0.385. The summed E-state index contributed by atoms with van der Waals surface area (Å²) in [6.45, 7) is 3.83. The third-order valence-corrected chi connectivity index (χ3v) is 4.41. The third-order valence-electron chi connectivity index (χ3n) is 2.63. The predicted octanol–water partition coefficient (Wildman–Crippen LogP) is 2.29. The number of ketones is 1. The molecular formula is C13H15NO2S. The zero-order valence-electron chi connectivity index (χ0n) is 9.97. The molecule has 1 rings (SSSR count). The van der Waals surface area contributed by atoms with Crippen LogP contribution in [0.3, 0.4) is 0 Å². The van der Waals surface area contributed by atoms with Crippen LogP contribution >= 0.6 is 0 Å². The maximum absolute atomic E-state index is 11.8. The number of carbonyl (C=O) groups is 1. The van der Waals surface area contributed by atoms with Crippen molar-refractivity contribution in [1.29, 1.82) is 5.26 Å². The Bertz CT molecular complexity index is 459. The molecule has 0 saturated carbocycles. The van der Waals surface area contributed by atoms with E-state index in [0.717, 1.165) is 6.42 Å². The molecular weight excluding hydrogens is 234 g/mol. The van der Waals surface area contributed by atoms with Gasteiger partial charge in [0.1, 0.15) is 0 Å². The van der Waals surface area contributed by atoms with Crippen LogP contribution < -0.4 is 0 Å². The van der Waals surface area contributed by atoms with E-state index in [-0.39, 0.29) is 16.8 Å². The van der Waals surface area contributed by atoms with Crippen molar-refractivity contribution in [3.8, 4) is 6.07 Å². The molecule has 0 heterocycles. The smallest absolute Gasteiger partial charge is 0.175 e. The Morgan fingerprint density at radius 1 is 1.41 bits per heavy atom. The zero-order valence-corrected chi connectivity index (χ0v) is 10.8. The van der Waals surface area contributed by atoms with Gasteiger partial charge >= 0.3 is 0 Å². The Balaban J connectivity index is 2.70. The van der Waals surface area contributed by atoms with Crippen molar-refractivity contribution >= 4 is 16.6 Å². The standard InChI is InChI=1S/C13H15NO2S/c1-3-10(2)17(16)9-13(15)12-6-4-11(8-14)5-7-12/h4-7,10H,3,9H2,1-2H3. The van der Waals surface area contributed by atoms with Crippen molar-refractivity contribution in [2.45, 2.75) is 25.5 Å². The largest absolute Gasteiger partial charge is 0.293 e. The van der Waals surface area contributed by atoms with Crippen LogP contribution in [0.15, 0.2) is 24.3 Å². The Morgan fingerprint density at radius 2 is 2.00 bits per heavy atom. The first-order valence-electron chi connectivity index (χ1n) is 5.49. The molecule has 1 aromatic rings.